The Bertz CT molecular complexity index is 310. The van der Waals surface area contributed by atoms with Crippen molar-refractivity contribution >= 4 is 11.8 Å². The molecule has 0 radical (unpaired) electrons. The predicted molar refractivity (Wildman–Crippen MR) is 76.6 cm³/mol. The summed E-state index contributed by atoms with van der Waals surface area (Å²) in [6.45, 7) is 8.53. The van der Waals surface area contributed by atoms with Crippen molar-refractivity contribution in [2.24, 2.45) is 0 Å². The zero-order valence-corrected chi connectivity index (χ0v) is 12.3. The van der Waals surface area contributed by atoms with Gasteiger partial charge in [0.15, 0.2) is 0 Å². The van der Waals surface area contributed by atoms with E-state index in [0.717, 1.165) is 31.0 Å². The Balaban J connectivity index is 2.40. The average Bonchev–Trinajstić information content (AvgIpc) is 2.83. The van der Waals surface area contributed by atoms with Crippen LogP contribution in [-0.4, -0.2) is 17.5 Å². The maximum absolute atomic E-state index is 5.68. The standard InChI is InChI=1S/C14H25NOS/c1-5-12-8-9-13(16-12)10-15-11-14(6-2,7-3)17-4/h8-9,15H,5-7,10-11H2,1-4H3. The van der Waals surface area contributed by atoms with Gasteiger partial charge in [0.05, 0.1) is 6.54 Å². The third-order valence-corrected chi connectivity index (χ3v) is 5.12. The Morgan fingerprint density at radius 1 is 1.18 bits per heavy atom. The second-order valence-corrected chi connectivity index (χ2v) is 5.69. The molecule has 0 spiro atoms. The van der Waals surface area contributed by atoms with Gasteiger partial charge in [-0.2, -0.15) is 11.8 Å². The molecule has 0 atom stereocenters. The van der Waals surface area contributed by atoms with Crippen LogP contribution < -0.4 is 5.32 Å². The summed E-state index contributed by atoms with van der Waals surface area (Å²) in [5, 5.41) is 3.52. The average molecular weight is 255 g/mol. The van der Waals surface area contributed by atoms with Gasteiger partial charge in [0.25, 0.3) is 0 Å². The van der Waals surface area contributed by atoms with Crippen LogP contribution in [0.1, 0.15) is 45.1 Å². The Hall–Kier alpha value is -0.410. The van der Waals surface area contributed by atoms with Crippen molar-refractivity contribution in [1.29, 1.82) is 0 Å². The van der Waals surface area contributed by atoms with Crippen LogP contribution in [0.3, 0.4) is 0 Å². The summed E-state index contributed by atoms with van der Waals surface area (Å²) in [5.41, 5.74) is 0. The molecule has 98 valence electrons. The highest BCUT2D eigenvalue weighted by molar-refractivity contribution is 8.00. The third-order valence-electron chi connectivity index (χ3n) is 3.53. The lowest BCUT2D eigenvalue weighted by Crippen LogP contribution is -2.36. The highest BCUT2D eigenvalue weighted by atomic mass is 32.2. The second-order valence-electron chi connectivity index (χ2n) is 4.42. The maximum atomic E-state index is 5.68. The molecule has 17 heavy (non-hydrogen) atoms. The van der Waals surface area contributed by atoms with Crippen molar-refractivity contribution in [1.82, 2.24) is 5.32 Å². The van der Waals surface area contributed by atoms with Crippen LogP contribution >= 0.6 is 11.8 Å². The molecule has 0 saturated heterocycles. The van der Waals surface area contributed by atoms with E-state index >= 15 is 0 Å². The van der Waals surface area contributed by atoms with Crippen LogP contribution in [0.4, 0.5) is 0 Å². The largest absolute Gasteiger partial charge is 0.465 e. The molecular formula is C14H25NOS. The zero-order chi connectivity index (χ0) is 12.7. The molecule has 0 aromatic carbocycles. The van der Waals surface area contributed by atoms with Gasteiger partial charge >= 0.3 is 0 Å². The van der Waals surface area contributed by atoms with Gasteiger partial charge in [0.1, 0.15) is 11.5 Å². The zero-order valence-electron chi connectivity index (χ0n) is 11.5. The molecule has 2 nitrogen and oxygen atoms in total. The van der Waals surface area contributed by atoms with Crippen molar-refractivity contribution in [3.05, 3.63) is 23.7 Å². The van der Waals surface area contributed by atoms with E-state index in [1.807, 2.05) is 11.8 Å². The van der Waals surface area contributed by atoms with E-state index in [0.29, 0.717) is 4.75 Å². The number of rotatable bonds is 8. The summed E-state index contributed by atoms with van der Waals surface area (Å²) in [5.74, 6) is 2.12. The topological polar surface area (TPSA) is 25.2 Å². The fourth-order valence-electron chi connectivity index (χ4n) is 1.98. The molecule has 0 bridgehead atoms. The fourth-order valence-corrected chi connectivity index (χ4v) is 2.81. The molecule has 0 saturated carbocycles. The van der Waals surface area contributed by atoms with Crippen LogP contribution in [0.5, 0.6) is 0 Å². The first-order chi connectivity index (χ1) is 8.19. The maximum Gasteiger partial charge on any atom is 0.117 e. The molecule has 3 heteroatoms. The van der Waals surface area contributed by atoms with Crippen molar-refractivity contribution in [2.75, 3.05) is 12.8 Å². The van der Waals surface area contributed by atoms with E-state index in [9.17, 15) is 0 Å². The van der Waals surface area contributed by atoms with Crippen molar-refractivity contribution < 1.29 is 4.42 Å². The SMILES string of the molecule is CCc1ccc(CNCC(CC)(CC)SC)o1. The summed E-state index contributed by atoms with van der Waals surface area (Å²) < 4.78 is 6.05. The lowest BCUT2D eigenvalue weighted by Gasteiger charge is -2.29. The fraction of sp³-hybridized carbons (Fsp3) is 0.714. The molecule has 0 aliphatic heterocycles. The highest BCUT2D eigenvalue weighted by Gasteiger charge is 2.24. The second kappa shape index (κ2) is 7.12. The molecule has 1 aromatic rings. The Kier molecular flexibility index (Phi) is 6.14. The van der Waals surface area contributed by atoms with E-state index in [1.54, 1.807) is 0 Å². The van der Waals surface area contributed by atoms with Gasteiger partial charge < -0.3 is 9.73 Å². The predicted octanol–water partition coefficient (Wildman–Crippen LogP) is 3.85. The Morgan fingerprint density at radius 3 is 2.29 bits per heavy atom. The summed E-state index contributed by atoms with van der Waals surface area (Å²) in [6.07, 6.45) is 5.58. The highest BCUT2D eigenvalue weighted by Crippen LogP contribution is 2.29. The molecule has 1 heterocycles. The number of hydrogen-bond donors (Lipinski definition) is 1. The lowest BCUT2D eigenvalue weighted by molar-refractivity contribution is 0.430. The smallest absolute Gasteiger partial charge is 0.117 e. The van der Waals surface area contributed by atoms with E-state index in [2.05, 4.69) is 44.5 Å². The number of aryl methyl sites for hydroxylation is 1. The van der Waals surface area contributed by atoms with E-state index in [4.69, 9.17) is 4.42 Å². The van der Waals surface area contributed by atoms with E-state index < -0.39 is 0 Å². The van der Waals surface area contributed by atoms with Gasteiger partial charge in [-0.1, -0.05) is 20.8 Å². The quantitative estimate of drug-likeness (QED) is 0.764. The molecule has 0 fully saturated rings. The van der Waals surface area contributed by atoms with Gasteiger partial charge in [0.2, 0.25) is 0 Å². The number of nitrogens with one attached hydrogen (secondary N) is 1. The first-order valence-corrected chi connectivity index (χ1v) is 7.75. The van der Waals surface area contributed by atoms with E-state index in [1.165, 1.54) is 12.8 Å². The van der Waals surface area contributed by atoms with Crippen molar-refractivity contribution in [3.8, 4) is 0 Å². The van der Waals surface area contributed by atoms with Gasteiger partial charge in [-0.05, 0) is 31.2 Å². The molecule has 1 N–H and O–H groups in total. The minimum Gasteiger partial charge on any atom is -0.465 e. The normalized spacial score (nSPS) is 12.0. The first kappa shape index (κ1) is 14.7. The summed E-state index contributed by atoms with van der Waals surface area (Å²) >= 11 is 1.97. The molecular weight excluding hydrogens is 230 g/mol. The molecule has 0 aliphatic rings. The minimum absolute atomic E-state index is 0.375. The van der Waals surface area contributed by atoms with Crippen LogP contribution in [0.2, 0.25) is 0 Å². The number of furan rings is 1. The Labute approximate surface area is 110 Å². The minimum atomic E-state index is 0.375. The lowest BCUT2D eigenvalue weighted by atomic mass is 10.0. The number of thioether (sulfide) groups is 1. The molecule has 0 amide bonds. The summed E-state index contributed by atoms with van der Waals surface area (Å²) in [6, 6.07) is 4.14. The van der Waals surface area contributed by atoms with Gasteiger partial charge in [-0.25, -0.2) is 0 Å². The summed E-state index contributed by atoms with van der Waals surface area (Å²) in [4.78, 5) is 0. The molecule has 1 rings (SSSR count). The van der Waals surface area contributed by atoms with Gasteiger partial charge in [-0.15, -0.1) is 0 Å². The van der Waals surface area contributed by atoms with Crippen LogP contribution in [0.25, 0.3) is 0 Å². The van der Waals surface area contributed by atoms with E-state index in [-0.39, 0.29) is 0 Å². The van der Waals surface area contributed by atoms with Crippen LogP contribution in [-0.2, 0) is 13.0 Å². The Morgan fingerprint density at radius 2 is 1.82 bits per heavy atom. The monoisotopic (exact) mass is 255 g/mol. The van der Waals surface area contributed by atoms with Gasteiger partial charge in [0, 0.05) is 17.7 Å². The van der Waals surface area contributed by atoms with Crippen molar-refractivity contribution in [2.45, 2.75) is 51.3 Å². The molecule has 0 unspecified atom stereocenters. The van der Waals surface area contributed by atoms with Crippen LogP contribution in [0, 0.1) is 0 Å². The first-order valence-electron chi connectivity index (χ1n) is 6.53. The third kappa shape index (κ3) is 4.07. The molecule has 1 aromatic heterocycles. The summed E-state index contributed by atoms with van der Waals surface area (Å²) in [7, 11) is 0. The van der Waals surface area contributed by atoms with Crippen molar-refractivity contribution in [3.63, 3.8) is 0 Å². The molecule has 0 aliphatic carbocycles. The van der Waals surface area contributed by atoms with Gasteiger partial charge in [-0.3, -0.25) is 0 Å². The van der Waals surface area contributed by atoms with Crippen LogP contribution in [0.15, 0.2) is 16.5 Å². The number of hydrogen-bond acceptors (Lipinski definition) is 3.